The molecule has 2 rings (SSSR count). The molecule has 0 saturated carbocycles. The zero-order chi connectivity index (χ0) is 20.0. The van der Waals surface area contributed by atoms with E-state index >= 15 is 0 Å². The molecule has 0 aromatic heterocycles. The summed E-state index contributed by atoms with van der Waals surface area (Å²) in [5, 5.41) is 20.0. The van der Waals surface area contributed by atoms with Gasteiger partial charge in [0.25, 0.3) is 0 Å². The molecule has 0 saturated heterocycles. The molecule has 140 valence electrons. The molecule has 0 bridgehead atoms. The number of hydrogen-bond donors (Lipinski definition) is 0. The van der Waals surface area contributed by atoms with Gasteiger partial charge in [0.1, 0.15) is 0 Å². The Labute approximate surface area is 164 Å². The van der Waals surface area contributed by atoms with Crippen molar-refractivity contribution in [1.29, 1.82) is 0 Å². The van der Waals surface area contributed by atoms with Crippen molar-refractivity contribution in [3.05, 3.63) is 70.3 Å². The Hall–Kier alpha value is -2.27. The smallest absolute Gasteiger partial charge is 0.550 e. The molecular weight excluding hydrogens is 394 g/mol. The Balaban J connectivity index is 0.000000483. The molecule has 0 amide bonds. The van der Waals surface area contributed by atoms with E-state index in [4.69, 9.17) is 0 Å². The maximum Gasteiger partial charge on any atom is 2.00 e. The molecule has 2 aromatic rings. The first-order chi connectivity index (χ1) is 12.0. The van der Waals surface area contributed by atoms with Crippen LogP contribution in [-0.2, 0) is 22.4 Å². The van der Waals surface area contributed by atoms with E-state index in [0.29, 0.717) is 12.1 Å². The van der Waals surface area contributed by atoms with Crippen LogP contribution in [0, 0.1) is 34.9 Å². The molecule has 0 aliphatic rings. The zero-order valence-electron chi connectivity index (χ0n) is 13.3. The van der Waals surface area contributed by atoms with E-state index < -0.39 is 70.8 Å². The van der Waals surface area contributed by atoms with Gasteiger partial charge in [-0.05, 0) is 23.3 Å². The quantitative estimate of drug-likeness (QED) is 0.422. The third-order valence-electron chi connectivity index (χ3n) is 2.90. The first-order valence-corrected chi connectivity index (χ1v) is 6.69. The van der Waals surface area contributed by atoms with Crippen LogP contribution in [0.2, 0.25) is 0 Å². The second-order valence-electron chi connectivity index (χ2n) is 4.77. The van der Waals surface area contributed by atoms with Gasteiger partial charge in [0.05, 0.1) is 0 Å². The molecular formula is C16H8F6MgO4. The molecule has 0 aliphatic carbocycles. The van der Waals surface area contributed by atoms with Crippen molar-refractivity contribution < 1.29 is 46.1 Å². The average molecular weight is 403 g/mol. The second kappa shape index (κ2) is 10.8. The summed E-state index contributed by atoms with van der Waals surface area (Å²) < 4.78 is 75.0. The van der Waals surface area contributed by atoms with Crippen LogP contribution in [0.1, 0.15) is 11.1 Å². The number of carboxylic acid groups (broad SMARTS) is 2. The SMILES string of the molecule is O=C([O-])Cc1ccc(F)c(F)c1F.O=C([O-])Cc1ccc(F)c(F)c1F.[Mg+2]. The van der Waals surface area contributed by atoms with Crippen LogP contribution in [0.15, 0.2) is 24.3 Å². The Bertz CT molecular complexity index is 775. The van der Waals surface area contributed by atoms with Crippen molar-refractivity contribution >= 4 is 35.0 Å². The summed E-state index contributed by atoms with van der Waals surface area (Å²) >= 11 is 0. The standard InChI is InChI=1S/2C8H5F3O2.Mg/c2*9-5-2-1-4(3-6(12)13)7(10)8(5)11;/h2*1-2H,3H2,(H,12,13);/q;;+2/p-2. The summed E-state index contributed by atoms with van der Waals surface area (Å²) in [6.07, 6.45) is -1.55. The van der Waals surface area contributed by atoms with Gasteiger partial charge in [0.2, 0.25) is 0 Å². The maximum absolute atomic E-state index is 12.7. The largest absolute Gasteiger partial charge is 2.00 e. The summed E-state index contributed by atoms with van der Waals surface area (Å²) in [6.45, 7) is 0. The summed E-state index contributed by atoms with van der Waals surface area (Å²) in [6, 6.07) is 3.06. The Morgan fingerprint density at radius 3 is 1.19 bits per heavy atom. The average Bonchev–Trinajstić information content (AvgIpc) is 2.56. The number of halogens is 6. The van der Waals surface area contributed by atoms with Gasteiger partial charge in [-0.1, -0.05) is 12.1 Å². The van der Waals surface area contributed by atoms with E-state index in [-0.39, 0.29) is 23.1 Å². The monoisotopic (exact) mass is 402 g/mol. The van der Waals surface area contributed by atoms with Crippen molar-refractivity contribution in [2.75, 3.05) is 0 Å². The van der Waals surface area contributed by atoms with Crippen LogP contribution in [-0.4, -0.2) is 35.0 Å². The number of rotatable bonds is 4. The van der Waals surface area contributed by atoms with Crippen molar-refractivity contribution in [2.24, 2.45) is 0 Å². The number of hydrogen-bond acceptors (Lipinski definition) is 4. The third-order valence-corrected chi connectivity index (χ3v) is 2.90. The molecule has 2 aromatic carbocycles. The van der Waals surface area contributed by atoms with Gasteiger partial charge >= 0.3 is 23.1 Å². The fourth-order valence-electron chi connectivity index (χ4n) is 1.72. The van der Waals surface area contributed by atoms with Gasteiger partial charge in [-0.2, -0.15) is 0 Å². The van der Waals surface area contributed by atoms with Crippen molar-refractivity contribution in [3.8, 4) is 0 Å². The Morgan fingerprint density at radius 1 is 0.630 bits per heavy atom. The zero-order valence-corrected chi connectivity index (χ0v) is 14.7. The van der Waals surface area contributed by atoms with Crippen LogP contribution in [0.25, 0.3) is 0 Å². The molecule has 0 atom stereocenters. The van der Waals surface area contributed by atoms with Crippen LogP contribution in [0.3, 0.4) is 0 Å². The van der Waals surface area contributed by atoms with Gasteiger partial charge in [-0.3, -0.25) is 0 Å². The van der Waals surface area contributed by atoms with E-state index in [1.807, 2.05) is 0 Å². The molecule has 0 aliphatic heterocycles. The fraction of sp³-hybridized carbons (Fsp3) is 0.125. The predicted octanol–water partition coefficient (Wildman–Crippen LogP) is 0.412. The van der Waals surface area contributed by atoms with E-state index in [1.165, 1.54) is 0 Å². The summed E-state index contributed by atoms with van der Waals surface area (Å²) in [5.74, 6) is -12.1. The minimum absolute atomic E-state index is 0. The van der Waals surface area contributed by atoms with Crippen molar-refractivity contribution in [1.82, 2.24) is 0 Å². The van der Waals surface area contributed by atoms with Crippen molar-refractivity contribution in [3.63, 3.8) is 0 Å². The van der Waals surface area contributed by atoms with Crippen LogP contribution in [0.5, 0.6) is 0 Å². The molecule has 11 heteroatoms. The Kier molecular flexibility index (Phi) is 9.87. The van der Waals surface area contributed by atoms with Crippen molar-refractivity contribution in [2.45, 2.75) is 12.8 Å². The molecule has 0 N–H and O–H groups in total. The topological polar surface area (TPSA) is 80.3 Å². The molecule has 0 fully saturated rings. The van der Waals surface area contributed by atoms with Crippen LogP contribution >= 0.6 is 0 Å². The summed E-state index contributed by atoms with van der Waals surface area (Å²) in [7, 11) is 0. The molecule has 0 spiro atoms. The number of carbonyl (C=O) groups excluding carboxylic acids is 2. The van der Waals surface area contributed by atoms with Gasteiger partial charge < -0.3 is 19.8 Å². The summed E-state index contributed by atoms with van der Waals surface area (Å²) in [5.41, 5.74) is -0.863. The number of carboxylic acids is 2. The van der Waals surface area contributed by atoms with E-state index in [2.05, 4.69) is 0 Å². The van der Waals surface area contributed by atoms with Gasteiger partial charge in [-0.25, -0.2) is 26.3 Å². The van der Waals surface area contributed by atoms with Gasteiger partial charge in [-0.15, -0.1) is 0 Å². The first kappa shape index (κ1) is 24.7. The second-order valence-corrected chi connectivity index (χ2v) is 4.77. The van der Waals surface area contributed by atoms with Gasteiger partial charge in [0, 0.05) is 24.8 Å². The van der Waals surface area contributed by atoms with Gasteiger partial charge in [0.15, 0.2) is 34.9 Å². The minimum atomic E-state index is -1.67. The summed E-state index contributed by atoms with van der Waals surface area (Å²) in [4.78, 5) is 20.0. The third kappa shape index (κ3) is 7.10. The van der Waals surface area contributed by atoms with E-state index in [1.54, 1.807) is 0 Å². The van der Waals surface area contributed by atoms with Crippen LogP contribution in [0.4, 0.5) is 26.3 Å². The fourth-order valence-corrected chi connectivity index (χ4v) is 1.72. The van der Waals surface area contributed by atoms with E-state index in [0.717, 1.165) is 12.1 Å². The maximum atomic E-state index is 12.7. The molecule has 0 unspecified atom stereocenters. The van der Waals surface area contributed by atoms with Crippen LogP contribution < -0.4 is 10.2 Å². The molecule has 27 heavy (non-hydrogen) atoms. The number of aliphatic carboxylic acids is 2. The number of carbonyl (C=O) groups is 2. The van der Waals surface area contributed by atoms with E-state index in [9.17, 15) is 46.1 Å². The minimum Gasteiger partial charge on any atom is -0.550 e. The molecule has 4 nitrogen and oxygen atoms in total. The predicted molar refractivity (Wildman–Crippen MR) is 75.8 cm³/mol. The number of benzene rings is 2. The first-order valence-electron chi connectivity index (χ1n) is 6.69. The molecule has 0 heterocycles. The Morgan fingerprint density at radius 2 is 0.926 bits per heavy atom. The molecule has 0 radical (unpaired) electrons. The normalized spacial score (nSPS) is 9.70.